The molecule has 5 heteroatoms. The topological polar surface area (TPSA) is 79.2 Å². The summed E-state index contributed by atoms with van der Waals surface area (Å²) in [4.78, 5) is 0. The molecule has 25 heavy (non-hydrogen) atoms. The quantitative estimate of drug-likeness (QED) is 0.329. The van der Waals surface area contributed by atoms with Gasteiger partial charge >= 0.3 is 0 Å². The fourth-order valence-electron chi connectivity index (χ4n) is 3.15. The van der Waals surface area contributed by atoms with Gasteiger partial charge in [-0.25, -0.2) is 0 Å². The van der Waals surface area contributed by atoms with E-state index in [4.69, 9.17) is 14.6 Å². The Labute approximate surface area is 153 Å². The summed E-state index contributed by atoms with van der Waals surface area (Å²) < 4.78 is 10.8. The Bertz CT molecular complexity index is 334. The van der Waals surface area contributed by atoms with Gasteiger partial charge in [-0.05, 0) is 25.7 Å². The lowest BCUT2D eigenvalue weighted by molar-refractivity contribution is -0.210. The molecule has 0 bridgehead atoms. The lowest BCUT2D eigenvalue weighted by Crippen LogP contribution is -2.55. The first-order chi connectivity index (χ1) is 12.2. The molecule has 1 fully saturated rings. The van der Waals surface area contributed by atoms with Gasteiger partial charge in [-0.1, -0.05) is 57.6 Å². The maximum atomic E-state index is 10.0. The molecule has 0 aromatic rings. The van der Waals surface area contributed by atoms with E-state index in [0.717, 1.165) is 19.3 Å². The predicted molar refractivity (Wildman–Crippen MR) is 99.6 cm³/mol. The van der Waals surface area contributed by atoms with Crippen molar-refractivity contribution in [2.24, 2.45) is 0 Å². The van der Waals surface area contributed by atoms with Gasteiger partial charge in [-0.2, -0.15) is 0 Å². The van der Waals surface area contributed by atoms with Crippen molar-refractivity contribution in [1.82, 2.24) is 0 Å². The van der Waals surface area contributed by atoms with Gasteiger partial charge in [0, 0.05) is 6.61 Å². The Morgan fingerprint density at radius 3 is 2.24 bits per heavy atom. The van der Waals surface area contributed by atoms with Gasteiger partial charge in [0.25, 0.3) is 0 Å². The number of allylic oxidation sites excluding steroid dienone is 2. The normalized spacial score (nSPS) is 27.2. The van der Waals surface area contributed by atoms with Gasteiger partial charge in [-0.15, -0.1) is 0 Å². The van der Waals surface area contributed by atoms with Gasteiger partial charge in [0.15, 0.2) is 0 Å². The van der Waals surface area contributed by atoms with Gasteiger partial charge < -0.3 is 24.8 Å². The summed E-state index contributed by atoms with van der Waals surface area (Å²) in [6.45, 7) is 2.53. The molecular weight excluding hydrogens is 320 g/mol. The highest BCUT2D eigenvalue weighted by atomic mass is 16.6. The molecule has 4 atom stereocenters. The molecule has 0 aliphatic carbocycles. The van der Waals surface area contributed by atoms with Crippen LogP contribution in [0, 0.1) is 0 Å². The van der Waals surface area contributed by atoms with E-state index in [9.17, 15) is 10.2 Å². The third-order valence-electron chi connectivity index (χ3n) is 4.74. The van der Waals surface area contributed by atoms with Crippen LogP contribution in [0.4, 0.5) is 0 Å². The summed E-state index contributed by atoms with van der Waals surface area (Å²) >= 11 is 0. The number of unbranched alkanes of at least 4 members (excludes halogenated alkanes) is 8. The van der Waals surface area contributed by atoms with Crippen LogP contribution < -0.4 is 0 Å². The Balaban J connectivity index is 1.93. The molecule has 0 amide bonds. The number of aliphatic hydroxyl groups excluding tert-OH is 3. The van der Waals surface area contributed by atoms with Crippen LogP contribution in [0.2, 0.25) is 0 Å². The summed E-state index contributed by atoms with van der Waals surface area (Å²) in [6.07, 6.45) is 13.5. The number of hydrogen-bond acceptors (Lipinski definition) is 5. The highest BCUT2D eigenvalue weighted by Gasteiger charge is 2.38. The molecule has 1 saturated heterocycles. The average molecular weight is 359 g/mol. The molecule has 3 N–H and O–H groups in total. The monoisotopic (exact) mass is 358 g/mol. The number of hydrogen-bond donors (Lipinski definition) is 3. The largest absolute Gasteiger partial charge is 0.394 e. The molecule has 0 spiro atoms. The van der Waals surface area contributed by atoms with Crippen molar-refractivity contribution in [3.05, 3.63) is 12.2 Å². The molecule has 0 radical (unpaired) electrons. The van der Waals surface area contributed by atoms with Crippen molar-refractivity contribution in [3.63, 3.8) is 0 Å². The molecule has 1 heterocycles. The third-order valence-corrected chi connectivity index (χ3v) is 4.74. The first-order valence-corrected chi connectivity index (χ1v) is 10.1. The van der Waals surface area contributed by atoms with Crippen molar-refractivity contribution in [2.45, 2.75) is 95.5 Å². The molecular formula is C20H38O5. The fraction of sp³-hybridized carbons (Fsp3) is 0.900. The van der Waals surface area contributed by atoms with Crippen molar-refractivity contribution < 1.29 is 24.8 Å². The minimum absolute atomic E-state index is 0.0984. The molecule has 0 saturated carbocycles. The van der Waals surface area contributed by atoms with Crippen LogP contribution >= 0.6 is 0 Å². The zero-order valence-electron chi connectivity index (χ0n) is 15.8. The fourth-order valence-corrected chi connectivity index (χ4v) is 3.15. The second-order valence-electron chi connectivity index (χ2n) is 6.94. The molecule has 148 valence electrons. The minimum atomic E-state index is -0.971. The van der Waals surface area contributed by atoms with Gasteiger partial charge in [-0.3, -0.25) is 0 Å². The molecule has 5 nitrogen and oxygen atoms in total. The predicted octanol–water partition coefficient (Wildman–Crippen LogP) is 2.96. The number of rotatable bonds is 14. The minimum Gasteiger partial charge on any atom is -0.394 e. The Morgan fingerprint density at radius 1 is 0.960 bits per heavy atom. The van der Waals surface area contributed by atoms with Crippen LogP contribution in [-0.4, -0.2) is 59.6 Å². The van der Waals surface area contributed by atoms with E-state index in [2.05, 4.69) is 19.1 Å². The zero-order valence-corrected chi connectivity index (χ0v) is 15.8. The highest BCUT2D eigenvalue weighted by molar-refractivity contribution is 4.87. The second kappa shape index (κ2) is 14.7. The van der Waals surface area contributed by atoms with Crippen LogP contribution in [0.3, 0.4) is 0 Å². The van der Waals surface area contributed by atoms with E-state index in [-0.39, 0.29) is 13.2 Å². The Hall–Kier alpha value is -0.460. The maximum Gasteiger partial charge on any atom is 0.114 e. The summed E-state index contributed by atoms with van der Waals surface area (Å²) in [5.41, 5.74) is 0. The van der Waals surface area contributed by atoms with E-state index < -0.39 is 24.4 Å². The van der Waals surface area contributed by atoms with Crippen LogP contribution in [0.5, 0.6) is 0 Å². The van der Waals surface area contributed by atoms with Crippen molar-refractivity contribution in [2.75, 3.05) is 19.8 Å². The van der Waals surface area contributed by atoms with E-state index in [0.29, 0.717) is 6.61 Å². The van der Waals surface area contributed by atoms with E-state index >= 15 is 0 Å². The highest BCUT2D eigenvalue weighted by Crippen LogP contribution is 2.19. The smallest absolute Gasteiger partial charge is 0.114 e. The summed E-state index contributed by atoms with van der Waals surface area (Å²) in [5.74, 6) is 0. The van der Waals surface area contributed by atoms with Crippen molar-refractivity contribution in [3.8, 4) is 0 Å². The van der Waals surface area contributed by atoms with Gasteiger partial charge in [0.2, 0.25) is 0 Å². The molecule has 1 rings (SSSR count). The first kappa shape index (κ1) is 22.6. The van der Waals surface area contributed by atoms with Crippen LogP contribution in [-0.2, 0) is 9.47 Å². The lowest BCUT2D eigenvalue weighted by atomic mass is 10.0. The maximum absolute atomic E-state index is 10.0. The van der Waals surface area contributed by atoms with Crippen LogP contribution in [0.25, 0.3) is 0 Å². The third kappa shape index (κ3) is 9.71. The van der Waals surface area contributed by atoms with E-state index in [1.807, 2.05) is 0 Å². The second-order valence-corrected chi connectivity index (χ2v) is 6.94. The van der Waals surface area contributed by atoms with Gasteiger partial charge in [0.05, 0.1) is 13.2 Å². The number of ether oxygens (including phenoxy) is 2. The average Bonchev–Trinajstić information content (AvgIpc) is 2.61. The van der Waals surface area contributed by atoms with Crippen LogP contribution in [0.15, 0.2) is 12.2 Å². The summed E-state index contributed by atoms with van der Waals surface area (Å²) in [6, 6.07) is 0. The Kier molecular flexibility index (Phi) is 13.3. The Morgan fingerprint density at radius 2 is 1.60 bits per heavy atom. The van der Waals surface area contributed by atoms with E-state index in [1.165, 1.54) is 44.9 Å². The van der Waals surface area contributed by atoms with Crippen LogP contribution in [0.1, 0.15) is 71.1 Å². The standard InChI is InChI=1S/C20H38O5/c1-2-3-4-5-6-7-8-9-10-11-12-13-14-24-20-17(22)16-25-18(15-21)19(20)23/h3-4,17-23H,2,5-16H2,1H3/b4-3+/t17-,18+,19+,20+/m0/s1. The van der Waals surface area contributed by atoms with Crippen molar-refractivity contribution >= 4 is 0 Å². The lowest BCUT2D eigenvalue weighted by Gasteiger charge is -2.37. The molecule has 0 unspecified atom stereocenters. The van der Waals surface area contributed by atoms with Crippen molar-refractivity contribution in [1.29, 1.82) is 0 Å². The molecule has 0 aromatic carbocycles. The van der Waals surface area contributed by atoms with E-state index in [1.54, 1.807) is 0 Å². The SMILES string of the molecule is CC/C=C/CCCCCCCCCCO[C@H]1[C@H](O)[C@@H](CO)OC[C@@H]1O. The summed E-state index contributed by atoms with van der Waals surface area (Å²) in [5, 5.41) is 29.0. The summed E-state index contributed by atoms with van der Waals surface area (Å²) in [7, 11) is 0. The first-order valence-electron chi connectivity index (χ1n) is 10.1. The van der Waals surface area contributed by atoms with Gasteiger partial charge in [0.1, 0.15) is 24.4 Å². The zero-order chi connectivity index (χ0) is 18.3. The number of aliphatic hydroxyl groups is 3. The molecule has 0 aromatic heterocycles. The molecule has 1 aliphatic heterocycles. The molecule has 1 aliphatic rings.